The summed E-state index contributed by atoms with van der Waals surface area (Å²) in [5, 5.41) is 2.82. The van der Waals surface area contributed by atoms with Crippen molar-refractivity contribution in [2.75, 3.05) is 5.32 Å². The van der Waals surface area contributed by atoms with Crippen molar-refractivity contribution in [1.29, 1.82) is 0 Å². The number of halogens is 2. The van der Waals surface area contributed by atoms with Crippen LogP contribution < -0.4 is 5.32 Å². The van der Waals surface area contributed by atoms with Crippen LogP contribution in [0.15, 0.2) is 24.3 Å². The number of hydrogen-bond acceptors (Lipinski definition) is 1. The topological polar surface area (TPSA) is 29.1 Å². The zero-order valence-corrected chi connectivity index (χ0v) is 11.3. The highest BCUT2D eigenvalue weighted by atomic mass is 127. The summed E-state index contributed by atoms with van der Waals surface area (Å²) in [6.45, 7) is 4.14. The van der Waals surface area contributed by atoms with Gasteiger partial charge in [-0.25, -0.2) is 4.39 Å². The maximum absolute atomic E-state index is 12.7. The fraction of sp³-hybridized carbons (Fsp3) is 0.417. The third-order valence-corrected chi connectivity index (χ3v) is 5.87. The molecule has 1 aromatic rings. The molecule has 16 heavy (non-hydrogen) atoms. The molecule has 4 heteroatoms. The number of alkyl halides is 1. The van der Waals surface area contributed by atoms with Crippen molar-refractivity contribution < 1.29 is 9.18 Å². The monoisotopic (exact) mass is 333 g/mol. The van der Waals surface area contributed by atoms with Gasteiger partial charge in [-0.3, -0.25) is 4.79 Å². The highest BCUT2D eigenvalue weighted by Gasteiger charge is 2.62. The molecular formula is C12H13FINO. The number of carbonyl (C=O) groups excluding carboxylic acids is 1. The second-order valence-electron chi connectivity index (χ2n) is 4.31. The van der Waals surface area contributed by atoms with Crippen LogP contribution in [0.1, 0.15) is 13.8 Å². The Balaban J connectivity index is 2.06. The molecule has 1 amide bonds. The molecule has 2 nitrogen and oxygen atoms in total. The van der Waals surface area contributed by atoms with E-state index < -0.39 is 0 Å². The van der Waals surface area contributed by atoms with Gasteiger partial charge < -0.3 is 5.32 Å². The molecule has 0 unspecified atom stereocenters. The van der Waals surface area contributed by atoms with E-state index in [1.54, 1.807) is 12.1 Å². The largest absolute Gasteiger partial charge is 0.325 e. The number of rotatable bonds is 2. The summed E-state index contributed by atoms with van der Waals surface area (Å²) in [5.74, 6) is 0.511. The Morgan fingerprint density at radius 2 is 1.81 bits per heavy atom. The first-order chi connectivity index (χ1) is 7.46. The van der Waals surface area contributed by atoms with E-state index in [2.05, 4.69) is 41.8 Å². The first-order valence-electron chi connectivity index (χ1n) is 5.22. The third kappa shape index (κ3) is 1.83. The minimum absolute atomic E-state index is 0.0136. The SMILES string of the molecule is C[C@@H]1[C@H](C)[C@]1(I)C(=O)Nc1ccc(F)cc1. The lowest BCUT2D eigenvalue weighted by Gasteiger charge is -2.10. The van der Waals surface area contributed by atoms with Crippen LogP contribution in [0.5, 0.6) is 0 Å². The summed E-state index contributed by atoms with van der Waals surface area (Å²) in [5.41, 5.74) is 0.647. The molecule has 1 fully saturated rings. The zero-order valence-electron chi connectivity index (χ0n) is 9.13. The maximum Gasteiger partial charge on any atom is 0.241 e. The van der Waals surface area contributed by atoms with Crippen molar-refractivity contribution in [2.45, 2.75) is 17.3 Å². The summed E-state index contributed by atoms with van der Waals surface area (Å²) in [7, 11) is 0. The van der Waals surface area contributed by atoms with E-state index in [1.807, 2.05) is 0 Å². The van der Waals surface area contributed by atoms with Gasteiger partial charge in [-0.1, -0.05) is 36.4 Å². The van der Waals surface area contributed by atoms with E-state index in [0.29, 0.717) is 17.5 Å². The molecule has 1 aliphatic carbocycles. The molecule has 1 saturated carbocycles. The van der Waals surface area contributed by atoms with Crippen molar-refractivity contribution in [1.82, 2.24) is 0 Å². The van der Waals surface area contributed by atoms with E-state index >= 15 is 0 Å². The van der Waals surface area contributed by atoms with E-state index in [1.165, 1.54) is 12.1 Å². The van der Waals surface area contributed by atoms with Crippen LogP contribution >= 0.6 is 22.6 Å². The highest BCUT2D eigenvalue weighted by molar-refractivity contribution is 14.1. The van der Waals surface area contributed by atoms with Crippen LogP contribution in [0.3, 0.4) is 0 Å². The minimum Gasteiger partial charge on any atom is -0.325 e. The van der Waals surface area contributed by atoms with Gasteiger partial charge in [0.2, 0.25) is 5.91 Å². The summed E-state index contributed by atoms with van der Waals surface area (Å²) in [6.07, 6.45) is 0. The lowest BCUT2D eigenvalue weighted by Crippen LogP contribution is -2.26. The highest BCUT2D eigenvalue weighted by Crippen LogP contribution is 2.57. The Hall–Kier alpha value is -0.650. The molecule has 0 aliphatic heterocycles. The summed E-state index contributed by atoms with van der Waals surface area (Å²) < 4.78 is 12.4. The lowest BCUT2D eigenvalue weighted by molar-refractivity contribution is -0.116. The fourth-order valence-electron chi connectivity index (χ4n) is 1.90. The molecule has 0 radical (unpaired) electrons. The van der Waals surface area contributed by atoms with Crippen LogP contribution in [0, 0.1) is 17.7 Å². The molecular weight excluding hydrogens is 320 g/mol. The zero-order chi connectivity index (χ0) is 11.9. The maximum atomic E-state index is 12.7. The first kappa shape index (κ1) is 11.8. The van der Waals surface area contributed by atoms with Crippen LogP contribution in [0.4, 0.5) is 10.1 Å². The average Bonchev–Trinajstić information content (AvgIpc) is 2.75. The molecule has 0 heterocycles. The summed E-state index contributed by atoms with van der Waals surface area (Å²) >= 11 is 2.21. The molecule has 0 saturated heterocycles. The van der Waals surface area contributed by atoms with Crippen molar-refractivity contribution >= 4 is 34.2 Å². The number of nitrogens with one attached hydrogen (secondary N) is 1. The molecule has 0 spiro atoms. The Morgan fingerprint density at radius 1 is 1.31 bits per heavy atom. The Morgan fingerprint density at radius 3 is 2.25 bits per heavy atom. The fourth-order valence-corrected chi connectivity index (χ4v) is 2.93. The van der Waals surface area contributed by atoms with Crippen molar-refractivity contribution in [3.63, 3.8) is 0 Å². The number of anilines is 1. The normalized spacial score (nSPS) is 32.2. The van der Waals surface area contributed by atoms with Crippen molar-refractivity contribution in [3.8, 4) is 0 Å². The van der Waals surface area contributed by atoms with Gasteiger partial charge in [-0.2, -0.15) is 0 Å². The lowest BCUT2D eigenvalue weighted by atomic mass is 10.2. The van der Waals surface area contributed by atoms with Crippen LogP contribution in [-0.4, -0.2) is 9.33 Å². The molecule has 86 valence electrons. The molecule has 1 aliphatic rings. The number of benzene rings is 1. The Kier molecular flexibility index (Phi) is 2.94. The van der Waals surface area contributed by atoms with Gasteiger partial charge in [-0.05, 0) is 36.1 Å². The van der Waals surface area contributed by atoms with E-state index in [4.69, 9.17) is 0 Å². The molecule has 1 aromatic carbocycles. The predicted octanol–water partition coefficient (Wildman–Crippen LogP) is 3.22. The Labute approximate surface area is 108 Å². The van der Waals surface area contributed by atoms with Crippen LogP contribution in [0.2, 0.25) is 0 Å². The standard InChI is InChI=1S/C12H13FINO/c1-7-8(2)12(7,14)11(16)15-10-5-3-9(13)4-6-10/h3-8H,1-2H3,(H,15,16)/t7-,8+,12+. The van der Waals surface area contributed by atoms with Gasteiger partial charge in [-0.15, -0.1) is 0 Å². The van der Waals surface area contributed by atoms with Crippen molar-refractivity contribution in [2.24, 2.45) is 11.8 Å². The van der Waals surface area contributed by atoms with Gasteiger partial charge in [0, 0.05) is 5.69 Å². The Bertz CT molecular complexity index is 410. The smallest absolute Gasteiger partial charge is 0.241 e. The number of carbonyl (C=O) groups is 1. The number of hydrogen-bond donors (Lipinski definition) is 1. The summed E-state index contributed by atoms with van der Waals surface area (Å²) in [4.78, 5) is 12.0. The minimum atomic E-state index is -0.299. The molecule has 3 atom stereocenters. The van der Waals surface area contributed by atoms with Gasteiger partial charge in [0.05, 0.1) is 0 Å². The summed E-state index contributed by atoms with van der Waals surface area (Å²) in [6, 6.07) is 5.83. The third-order valence-electron chi connectivity index (χ3n) is 3.42. The van der Waals surface area contributed by atoms with Gasteiger partial charge in [0.15, 0.2) is 0 Å². The van der Waals surface area contributed by atoms with E-state index in [9.17, 15) is 9.18 Å². The predicted molar refractivity (Wildman–Crippen MR) is 70.1 cm³/mol. The average molecular weight is 333 g/mol. The first-order valence-corrected chi connectivity index (χ1v) is 6.30. The van der Waals surface area contributed by atoms with Gasteiger partial charge in [0.25, 0.3) is 0 Å². The second-order valence-corrected chi connectivity index (χ2v) is 6.09. The van der Waals surface area contributed by atoms with Crippen LogP contribution in [0.25, 0.3) is 0 Å². The van der Waals surface area contributed by atoms with E-state index in [-0.39, 0.29) is 15.1 Å². The van der Waals surface area contributed by atoms with Crippen LogP contribution in [-0.2, 0) is 4.79 Å². The second kappa shape index (κ2) is 3.98. The molecule has 1 N–H and O–H groups in total. The number of amides is 1. The molecule has 0 bridgehead atoms. The van der Waals surface area contributed by atoms with Gasteiger partial charge in [0.1, 0.15) is 9.24 Å². The van der Waals surface area contributed by atoms with Gasteiger partial charge >= 0.3 is 0 Å². The van der Waals surface area contributed by atoms with E-state index in [0.717, 1.165) is 0 Å². The quantitative estimate of drug-likeness (QED) is 0.653. The molecule has 2 rings (SSSR count). The molecule has 0 aromatic heterocycles. The van der Waals surface area contributed by atoms with Crippen molar-refractivity contribution in [3.05, 3.63) is 30.1 Å².